The minimum absolute atomic E-state index is 0.539. The highest BCUT2D eigenvalue weighted by Crippen LogP contribution is 2.33. The molecule has 2 aromatic rings. The Morgan fingerprint density at radius 2 is 2.32 bits per heavy atom. The van der Waals surface area contributed by atoms with Gasteiger partial charge < -0.3 is 15.5 Å². The first-order valence-electron chi connectivity index (χ1n) is 6.70. The second-order valence-electron chi connectivity index (χ2n) is 5.37. The Balaban J connectivity index is 1.92. The van der Waals surface area contributed by atoms with Gasteiger partial charge in [-0.25, -0.2) is 4.98 Å². The Bertz CT molecular complexity index is 580. The summed E-state index contributed by atoms with van der Waals surface area (Å²) in [5.74, 6) is 0. The van der Waals surface area contributed by atoms with E-state index in [1.807, 2.05) is 5.51 Å². The number of nitrogen functional groups attached to an aromatic ring is 1. The molecule has 102 valence electrons. The number of likely N-dealkylation sites (tertiary alicyclic amines) is 1. The molecule has 0 amide bonds. The second-order valence-corrected chi connectivity index (χ2v) is 6.25. The molecule has 0 bridgehead atoms. The van der Waals surface area contributed by atoms with E-state index in [-0.39, 0.29) is 0 Å². The van der Waals surface area contributed by atoms with Crippen molar-refractivity contribution in [1.29, 1.82) is 0 Å². The molecule has 3 rings (SSSR count). The Kier molecular flexibility index (Phi) is 3.33. The molecule has 2 heterocycles. The zero-order valence-corrected chi connectivity index (χ0v) is 12.3. The van der Waals surface area contributed by atoms with Gasteiger partial charge in [0.2, 0.25) is 0 Å². The van der Waals surface area contributed by atoms with Gasteiger partial charge in [0.1, 0.15) is 5.52 Å². The predicted molar refractivity (Wildman–Crippen MR) is 83.0 cm³/mol. The third kappa shape index (κ3) is 2.28. The van der Waals surface area contributed by atoms with Crippen LogP contribution in [0.25, 0.3) is 10.2 Å². The fourth-order valence-corrected chi connectivity index (χ4v) is 3.59. The van der Waals surface area contributed by atoms with Gasteiger partial charge in [0.15, 0.2) is 0 Å². The van der Waals surface area contributed by atoms with E-state index in [1.54, 1.807) is 11.3 Å². The molecular formula is C14H20N4S. The molecule has 1 aromatic heterocycles. The predicted octanol–water partition coefficient (Wildman–Crippen LogP) is 2.41. The Morgan fingerprint density at radius 3 is 3.11 bits per heavy atom. The lowest BCUT2D eigenvalue weighted by Gasteiger charge is -2.37. The van der Waals surface area contributed by atoms with E-state index in [0.29, 0.717) is 6.04 Å². The van der Waals surface area contributed by atoms with E-state index in [9.17, 15) is 0 Å². The molecule has 0 spiro atoms. The van der Waals surface area contributed by atoms with Crippen molar-refractivity contribution in [3.63, 3.8) is 0 Å². The van der Waals surface area contributed by atoms with E-state index < -0.39 is 0 Å². The van der Waals surface area contributed by atoms with Crippen LogP contribution in [0.3, 0.4) is 0 Å². The maximum absolute atomic E-state index is 6.29. The number of likely N-dealkylation sites (N-methyl/N-ethyl adjacent to an activating group) is 2. The number of fused-ring (bicyclic) bond motifs is 1. The van der Waals surface area contributed by atoms with Crippen molar-refractivity contribution in [1.82, 2.24) is 9.88 Å². The fourth-order valence-electron chi connectivity index (χ4n) is 2.90. The normalized spacial score (nSPS) is 20.8. The quantitative estimate of drug-likeness (QED) is 0.856. The molecule has 1 saturated heterocycles. The van der Waals surface area contributed by atoms with Crippen LogP contribution < -0.4 is 10.6 Å². The monoisotopic (exact) mass is 276 g/mol. The molecule has 5 heteroatoms. The topological polar surface area (TPSA) is 45.4 Å². The number of hydrogen-bond donors (Lipinski definition) is 1. The zero-order chi connectivity index (χ0) is 13.4. The number of nitrogens with two attached hydrogens (primary N) is 1. The Labute approximate surface area is 117 Å². The highest BCUT2D eigenvalue weighted by Gasteiger charge is 2.23. The van der Waals surface area contributed by atoms with Gasteiger partial charge in [-0.05, 0) is 38.6 Å². The highest BCUT2D eigenvalue weighted by atomic mass is 32.1. The second kappa shape index (κ2) is 4.98. The Hall–Kier alpha value is -1.33. The van der Waals surface area contributed by atoms with E-state index in [1.165, 1.54) is 19.4 Å². The molecule has 19 heavy (non-hydrogen) atoms. The lowest BCUT2D eigenvalue weighted by atomic mass is 10.0. The summed E-state index contributed by atoms with van der Waals surface area (Å²) in [4.78, 5) is 9.09. The standard InChI is InChI=1S/C14H20N4S/c1-17-7-3-4-10(8-17)18(2)11-5-6-12-14(13(11)15)16-9-19-12/h5-6,9-10H,3-4,7-8,15H2,1-2H3. The van der Waals surface area contributed by atoms with E-state index in [0.717, 1.165) is 28.1 Å². The lowest BCUT2D eigenvalue weighted by molar-refractivity contribution is 0.248. The van der Waals surface area contributed by atoms with Gasteiger partial charge in [-0.3, -0.25) is 0 Å². The van der Waals surface area contributed by atoms with Crippen LogP contribution in [0, 0.1) is 0 Å². The fraction of sp³-hybridized carbons (Fsp3) is 0.500. The van der Waals surface area contributed by atoms with Crippen molar-refractivity contribution in [2.75, 3.05) is 37.8 Å². The molecule has 1 fully saturated rings. The smallest absolute Gasteiger partial charge is 0.106 e. The van der Waals surface area contributed by atoms with Crippen molar-refractivity contribution >= 4 is 32.9 Å². The number of anilines is 2. The van der Waals surface area contributed by atoms with Crippen LogP contribution in [-0.2, 0) is 0 Å². The van der Waals surface area contributed by atoms with Crippen LogP contribution in [0.4, 0.5) is 11.4 Å². The number of nitrogens with zero attached hydrogens (tertiary/aromatic N) is 3. The summed E-state index contributed by atoms with van der Waals surface area (Å²) in [6.45, 7) is 2.30. The molecule has 0 aliphatic carbocycles. The molecule has 4 nitrogen and oxygen atoms in total. The lowest BCUT2D eigenvalue weighted by Crippen LogP contribution is -2.45. The third-order valence-corrected chi connectivity index (χ3v) is 4.84. The van der Waals surface area contributed by atoms with E-state index in [2.05, 4.69) is 41.0 Å². The number of benzene rings is 1. The van der Waals surface area contributed by atoms with Crippen LogP contribution in [0.15, 0.2) is 17.6 Å². The summed E-state index contributed by atoms with van der Waals surface area (Å²) in [7, 11) is 4.33. The maximum atomic E-state index is 6.29. The van der Waals surface area contributed by atoms with Gasteiger partial charge in [-0.2, -0.15) is 0 Å². The van der Waals surface area contributed by atoms with E-state index in [4.69, 9.17) is 5.73 Å². The molecule has 1 unspecified atom stereocenters. The molecule has 1 aromatic carbocycles. The molecule has 0 radical (unpaired) electrons. The van der Waals surface area contributed by atoms with Crippen molar-refractivity contribution in [2.24, 2.45) is 0 Å². The summed E-state index contributed by atoms with van der Waals surface area (Å²) in [5, 5.41) is 0. The molecular weight excluding hydrogens is 256 g/mol. The zero-order valence-electron chi connectivity index (χ0n) is 11.5. The SMILES string of the molecule is CN1CCCC(N(C)c2ccc3scnc3c2N)C1. The summed E-state index contributed by atoms with van der Waals surface area (Å²) in [6.07, 6.45) is 2.49. The maximum Gasteiger partial charge on any atom is 0.106 e. The van der Waals surface area contributed by atoms with Gasteiger partial charge >= 0.3 is 0 Å². The summed E-state index contributed by atoms with van der Waals surface area (Å²) in [5.41, 5.74) is 11.0. The minimum Gasteiger partial charge on any atom is -0.395 e. The molecule has 0 saturated carbocycles. The van der Waals surface area contributed by atoms with Crippen molar-refractivity contribution < 1.29 is 0 Å². The first kappa shape index (κ1) is 12.7. The summed E-state index contributed by atoms with van der Waals surface area (Å²) in [6, 6.07) is 4.80. The number of aromatic nitrogens is 1. The Morgan fingerprint density at radius 1 is 1.47 bits per heavy atom. The van der Waals surface area contributed by atoms with Gasteiger partial charge in [0, 0.05) is 19.6 Å². The first-order valence-corrected chi connectivity index (χ1v) is 7.58. The summed E-state index contributed by atoms with van der Waals surface area (Å²) < 4.78 is 1.16. The molecule has 1 aliphatic heterocycles. The average Bonchev–Trinajstić information content (AvgIpc) is 2.88. The van der Waals surface area contributed by atoms with Crippen LogP contribution in [0.2, 0.25) is 0 Å². The summed E-state index contributed by atoms with van der Waals surface area (Å²) >= 11 is 1.64. The average molecular weight is 276 g/mol. The van der Waals surface area contributed by atoms with Crippen molar-refractivity contribution in [3.8, 4) is 0 Å². The number of piperidine rings is 1. The molecule has 1 atom stereocenters. The van der Waals surface area contributed by atoms with Crippen LogP contribution in [0.1, 0.15) is 12.8 Å². The van der Waals surface area contributed by atoms with Gasteiger partial charge in [-0.1, -0.05) is 0 Å². The van der Waals surface area contributed by atoms with Gasteiger partial charge in [0.25, 0.3) is 0 Å². The first-order chi connectivity index (χ1) is 9.16. The highest BCUT2D eigenvalue weighted by molar-refractivity contribution is 7.16. The van der Waals surface area contributed by atoms with Crippen LogP contribution in [-0.4, -0.2) is 43.1 Å². The molecule has 1 aliphatic rings. The largest absolute Gasteiger partial charge is 0.395 e. The number of thiazole rings is 1. The van der Waals surface area contributed by atoms with Crippen molar-refractivity contribution in [2.45, 2.75) is 18.9 Å². The minimum atomic E-state index is 0.539. The van der Waals surface area contributed by atoms with Crippen LogP contribution >= 0.6 is 11.3 Å². The van der Waals surface area contributed by atoms with E-state index >= 15 is 0 Å². The number of rotatable bonds is 2. The number of hydrogen-bond acceptors (Lipinski definition) is 5. The molecule has 2 N–H and O–H groups in total. The third-order valence-electron chi connectivity index (χ3n) is 4.05. The van der Waals surface area contributed by atoms with Crippen molar-refractivity contribution in [3.05, 3.63) is 17.6 Å². The van der Waals surface area contributed by atoms with Gasteiger partial charge in [0.05, 0.1) is 21.6 Å². The van der Waals surface area contributed by atoms with Crippen LogP contribution in [0.5, 0.6) is 0 Å². The van der Waals surface area contributed by atoms with Gasteiger partial charge in [-0.15, -0.1) is 11.3 Å².